The first-order chi connectivity index (χ1) is 9.12. The van der Waals surface area contributed by atoms with E-state index in [0.29, 0.717) is 12.3 Å². The van der Waals surface area contributed by atoms with Crippen molar-refractivity contribution in [2.24, 2.45) is 11.8 Å². The Kier molecular flexibility index (Phi) is 9.00. The lowest BCUT2D eigenvalue weighted by molar-refractivity contribution is -0.138. The molecule has 0 saturated carbocycles. The molecule has 7 heteroatoms. The van der Waals surface area contributed by atoms with E-state index < -0.39 is 16.0 Å². The smallest absolute Gasteiger partial charge is 0.303 e. The molecule has 0 aromatic rings. The summed E-state index contributed by atoms with van der Waals surface area (Å²) in [7, 11) is -3.41. The van der Waals surface area contributed by atoms with Crippen LogP contribution < -0.4 is 4.72 Å². The fraction of sp³-hybridized carbons (Fsp3) is 0.923. The molecule has 6 nitrogen and oxygen atoms in total. The topological polar surface area (TPSA) is 92.7 Å². The molecule has 0 aliphatic carbocycles. The molecule has 20 heavy (non-hydrogen) atoms. The van der Waals surface area contributed by atoms with Crippen LogP contribution in [-0.4, -0.2) is 44.5 Å². The zero-order chi connectivity index (χ0) is 15.8. The number of carbonyl (C=O) groups is 1. The first-order valence-electron chi connectivity index (χ1n) is 6.93. The number of sulfonamides is 1. The molecule has 0 aliphatic rings. The SMILES string of the molecule is CC(C)CC(CNS(=O)(=O)CCOC(C)C)CC(=O)O. The molecular weight excluding hydrogens is 282 g/mol. The number of hydrogen-bond acceptors (Lipinski definition) is 4. The minimum atomic E-state index is -3.41. The maximum Gasteiger partial charge on any atom is 0.303 e. The van der Waals surface area contributed by atoms with Crippen LogP contribution in [0.5, 0.6) is 0 Å². The quantitative estimate of drug-likeness (QED) is 0.603. The first kappa shape index (κ1) is 19.3. The molecule has 0 aromatic carbocycles. The average Bonchev–Trinajstić information content (AvgIpc) is 2.23. The van der Waals surface area contributed by atoms with Crippen molar-refractivity contribution in [2.45, 2.75) is 46.6 Å². The normalized spacial score (nSPS) is 13.9. The van der Waals surface area contributed by atoms with Crippen molar-refractivity contribution in [3.05, 3.63) is 0 Å². The number of ether oxygens (including phenoxy) is 1. The predicted molar refractivity (Wildman–Crippen MR) is 78.1 cm³/mol. The third-order valence-corrected chi connectivity index (χ3v) is 3.97. The lowest BCUT2D eigenvalue weighted by atomic mass is 9.94. The van der Waals surface area contributed by atoms with Gasteiger partial charge in [0.1, 0.15) is 0 Å². The van der Waals surface area contributed by atoms with E-state index in [-0.39, 0.29) is 37.3 Å². The number of nitrogens with one attached hydrogen (secondary N) is 1. The Morgan fingerprint density at radius 3 is 2.30 bits per heavy atom. The van der Waals surface area contributed by atoms with E-state index in [9.17, 15) is 13.2 Å². The zero-order valence-electron chi connectivity index (χ0n) is 12.8. The highest BCUT2D eigenvalue weighted by atomic mass is 32.2. The highest BCUT2D eigenvalue weighted by molar-refractivity contribution is 7.89. The van der Waals surface area contributed by atoms with E-state index in [1.807, 2.05) is 27.7 Å². The Morgan fingerprint density at radius 2 is 1.85 bits per heavy atom. The monoisotopic (exact) mass is 309 g/mol. The van der Waals surface area contributed by atoms with E-state index in [1.165, 1.54) is 0 Å². The number of carboxylic acid groups (broad SMARTS) is 1. The molecule has 0 amide bonds. The number of carboxylic acids is 1. The van der Waals surface area contributed by atoms with Crippen molar-refractivity contribution in [1.82, 2.24) is 4.72 Å². The van der Waals surface area contributed by atoms with Gasteiger partial charge >= 0.3 is 5.97 Å². The van der Waals surface area contributed by atoms with Crippen molar-refractivity contribution in [3.8, 4) is 0 Å². The van der Waals surface area contributed by atoms with Crippen molar-refractivity contribution in [1.29, 1.82) is 0 Å². The minimum Gasteiger partial charge on any atom is -0.481 e. The molecule has 2 N–H and O–H groups in total. The van der Waals surface area contributed by atoms with Gasteiger partial charge in [0.15, 0.2) is 0 Å². The fourth-order valence-corrected chi connectivity index (χ4v) is 2.81. The maximum absolute atomic E-state index is 11.7. The lowest BCUT2D eigenvalue weighted by Gasteiger charge is -2.18. The zero-order valence-corrected chi connectivity index (χ0v) is 13.6. The van der Waals surface area contributed by atoms with Gasteiger partial charge in [-0.15, -0.1) is 0 Å². The van der Waals surface area contributed by atoms with Crippen LogP contribution in [0, 0.1) is 11.8 Å². The first-order valence-corrected chi connectivity index (χ1v) is 8.58. The molecule has 0 fully saturated rings. The Balaban J connectivity index is 4.26. The molecule has 0 rings (SSSR count). The fourth-order valence-electron chi connectivity index (χ4n) is 1.86. The second kappa shape index (κ2) is 9.31. The molecule has 0 radical (unpaired) electrons. The Hall–Kier alpha value is -0.660. The van der Waals surface area contributed by atoms with Crippen molar-refractivity contribution < 1.29 is 23.1 Å². The standard InChI is InChI=1S/C13H27NO5S/c1-10(2)7-12(8-13(15)16)9-14-20(17,18)6-5-19-11(3)4/h10-12,14H,5-9H2,1-4H3,(H,15,16). The van der Waals surface area contributed by atoms with Crippen LogP contribution in [0.4, 0.5) is 0 Å². The van der Waals surface area contributed by atoms with Gasteiger partial charge in [-0.25, -0.2) is 13.1 Å². The van der Waals surface area contributed by atoms with Gasteiger partial charge in [-0.1, -0.05) is 13.8 Å². The van der Waals surface area contributed by atoms with E-state index in [1.54, 1.807) is 0 Å². The summed E-state index contributed by atoms with van der Waals surface area (Å²) in [5.41, 5.74) is 0. The third-order valence-electron chi connectivity index (χ3n) is 2.66. The van der Waals surface area contributed by atoms with Crippen LogP contribution in [0.1, 0.15) is 40.5 Å². The summed E-state index contributed by atoms with van der Waals surface area (Å²) in [6.07, 6.45) is 0.645. The summed E-state index contributed by atoms with van der Waals surface area (Å²) in [6, 6.07) is 0. The summed E-state index contributed by atoms with van der Waals surface area (Å²) in [4.78, 5) is 10.8. The predicted octanol–water partition coefficient (Wildman–Crippen LogP) is 1.47. The maximum atomic E-state index is 11.7. The number of aliphatic carboxylic acids is 1. The highest BCUT2D eigenvalue weighted by Crippen LogP contribution is 2.15. The molecular formula is C13H27NO5S. The summed E-state index contributed by atoms with van der Waals surface area (Å²) in [6.45, 7) is 7.95. The molecule has 0 heterocycles. The van der Waals surface area contributed by atoms with E-state index in [4.69, 9.17) is 9.84 Å². The number of hydrogen-bond donors (Lipinski definition) is 2. The largest absolute Gasteiger partial charge is 0.481 e. The molecule has 1 atom stereocenters. The van der Waals surface area contributed by atoms with Crippen LogP contribution in [0.2, 0.25) is 0 Å². The van der Waals surface area contributed by atoms with Crippen LogP contribution in [0.15, 0.2) is 0 Å². The van der Waals surface area contributed by atoms with Gasteiger partial charge in [-0.2, -0.15) is 0 Å². The minimum absolute atomic E-state index is 0.00843. The van der Waals surface area contributed by atoms with Crippen molar-refractivity contribution in [3.63, 3.8) is 0 Å². The van der Waals surface area contributed by atoms with Gasteiger partial charge < -0.3 is 9.84 Å². The van der Waals surface area contributed by atoms with Gasteiger partial charge in [-0.3, -0.25) is 4.79 Å². The Bertz CT molecular complexity index is 378. The van der Waals surface area contributed by atoms with Crippen LogP contribution >= 0.6 is 0 Å². The van der Waals surface area contributed by atoms with Crippen LogP contribution in [0.25, 0.3) is 0 Å². The summed E-state index contributed by atoms with van der Waals surface area (Å²) in [5, 5.41) is 8.83. The van der Waals surface area contributed by atoms with Crippen molar-refractivity contribution >= 4 is 16.0 Å². The Morgan fingerprint density at radius 1 is 1.25 bits per heavy atom. The Labute approximate surface area is 121 Å². The summed E-state index contributed by atoms with van der Waals surface area (Å²) in [5.74, 6) is -0.869. The van der Waals surface area contributed by atoms with Gasteiger partial charge in [0.05, 0.1) is 18.5 Å². The molecule has 0 spiro atoms. The summed E-state index contributed by atoms with van der Waals surface area (Å²) >= 11 is 0. The third kappa shape index (κ3) is 11.2. The van der Waals surface area contributed by atoms with Gasteiger partial charge in [0, 0.05) is 13.0 Å². The number of rotatable bonds is 11. The molecule has 0 aliphatic heterocycles. The van der Waals surface area contributed by atoms with Crippen LogP contribution in [-0.2, 0) is 19.6 Å². The second-order valence-electron chi connectivity index (χ2n) is 5.68. The molecule has 120 valence electrons. The van der Waals surface area contributed by atoms with Gasteiger partial charge in [-0.05, 0) is 32.1 Å². The highest BCUT2D eigenvalue weighted by Gasteiger charge is 2.18. The molecule has 0 bridgehead atoms. The second-order valence-corrected chi connectivity index (χ2v) is 7.61. The lowest BCUT2D eigenvalue weighted by Crippen LogP contribution is -2.34. The van der Waals surface area contributed by atoms with E-state index in [0.717, 1.165) is 0 Å². The average molecular weight is 309 g/mol. The van der Waals surface area contributed by atoms with Gasteiger partial charge in [0.2, 0.25) is 10.0 Å². The van der Waals surface area contributed by atoms with E-state index >= 15 is 0 Å². The van der Waals surface area contributed by atoms with E-state index in [2.05, 4.69) is 4.72 Å². The van der Waals surface area contributed by atoms with Crippen molar-refractivity contribution in [2.75, 3.05) is 18.9 Å². The van der Waals surface area contributed by atoms with Gasteiger partial charge in [0.25, 0.3) is 0 Å². The molecule has 1 unspecified atom stereocenters. The van der Waals surface area contributed by atoms with Crippen LogP contribution in [0.3, 0.4) is 0 Å². The summed E-state index contributed by atoms with van der Waals surface area (Å²) < 4.78 is 31.2. The molecule has 0 saturated heterocycles. The molecule has 0 aromatic heterocycles.